The molecule has 0 heterocycles. The molecule has 0 aliphatic carbocycles. The number of methoxy groups -OCH3 is 1. The Balaban J connectivity index is 1.45. The van der Waals surface area contributed by atoms with Gasteiger partial charge in [-0.2, -0.15) is 0 Å². The predicted molar refractivity (Wildman–Crippen MR) is 124 cm³/mol. The minimum absolute atomic E-state index is 0.0757. The highest BCUT2D eigenvalue weighted by Gasteiger charge is 2.09. The van der Waals surface area contributed by atoms with E-state index < -0.39 is 0 Å². The molecular formula is C23H21ClN2O4S. The number of nitrogens with one attached hydrogen (secondary N) is 2. The summed E-state index contributed by atoms with van der Waals surface area (Å²) < 4.78 is 10.7. The van der Waals surface area contributed by atoms with E-state index >= 15 is 0 Å². The van der Waals surface area contributed by atoms with Crippen LogP contribution < -0.4 is 20.1 Å². The van der Waals surface area contributed by atoms with E-state index in [4.69, 9.17) is 21.1 Å². The van der Waals surface area contributed by atoms with E-state index in [0.29, 0.717) is 27.9 Å². The molecule has 0 saturated carbocycles. The molecule has 0 aromatic heterocycles. The lowest BCUT2D eigenvalue weighted by molar-refractivity contribution is -0.118. The van der Waals surface area contributed by atoms with Gasteiger partial charge in [-0.15, -0.1) is 11.8 Å². The molecule has 31 heavy (non-hydrogen) atoms. The van der Waals surface area contributed by atoms with Crippen LogP contribution in [0.2, 0.25) is 5.02 Å². The monoisotopic (exact) mass is 456 g/mol. The molecule has 0 aliphatic heterocycles. The van der Waals surface area contributed by atoms with Crippen molar-refractivity contribution in [2.45, 2.75) is 4.90 Å². The Kier molecular flexibility index (Phi) is 8.20. The van der Waals surface area contributed by atoms with Gasteiger partial charge in [0.15, 0.2) is 6.61 Å². The Labute approximate surface area is 189 Å². The molecule has 0 spiro atoms. The van der Waals surface area contributed by atoms with Crippen molar-refractivity contribution in [1.29, 1.82) is 0 Å². The molecule has 0 unspecified atom stereocenters. The van der Waals surface area contributed by atoms with Crippen molar-refractivity contribution in [2.75, 3.05) is 30.1 Å². The zero-order valence-electron chi connectivity index (χ0n) is 16.8. The number of thioether (sulfide) groups is 1. The average molecular weight is 457 g/mol. The van der Waals surface area contributed by atoms with Crippen LogP contribution in [0.5, 0.6) is 11.5 Å². The Bertz CT molecular complexity index is 1030. The van der Waals surface area contributed by atoms with Gasteiger partial charge in [-0.1, -0.05) is 29.8 Å². The van der Waals surface area contributed by atoms with Crippen LogP contribution in [0.15, 0.2) is 77.7 Å². The first kappa shape index (κ1) is 22.5. The molecule has 0 aliphatic rings. The third-order valence-corrected chi connectivity index (χ3v) is 5.30. The summed E-state index contributed by atoms with van der Waals surface area (Å²) in [4.78, 5) is 25.2. The van der Waals surface area contributed by atoms with Crippen molar-refractivity contribution in [2.24, 2.45) is 0 Å². The lowest BCUT2D eigenvalue weighted by Crippen LogP contribution is -2.20. The third-order valence-electron chi connectivity index (χ3n) is 4.06. The Morgan fingerprint density at radius 1 is 0.935 bits per heavy atom. The number of rotatable bonds is 9. The second-order valence-corrected chi connectivity index (χ2v) is 7.84. The predicted octanol–water partition coefficient (Wildman–Crippen LogP) is 5.10. The number of hydrogen-bond acceptors (Lipinski definition) is 5. The van der Waals surface area contributed by atoms with E-state index in [1.165, 1.54) is 18.9 Å². The quantitative estimate of drug-likeness (QED) is 0.438. The van der Waals surface area contributed by atoms with Gasteiger partial charge in [0.05, 0.1) is 18.6 Å². The van der Waals surface area contributed by atoms with E-state index in [-0.39, 0.29) is 24.2 Å². The summed E-state index contributed by atoms with van der Waals surface area (Å²) in [7, 11) is 1.53. The fourth-order valence-electron chi connectivity index (χ4n) is 2.61. The van der Waals surface area contributed by atoms with Crippen molar-refractivity contribution in [3.05, 3.63) is 77.8 Å². The number of amides is 2. The zero-order valence-corrected chi connectivity index (χ0v) is 18.3. The van der Waals surface area contributed by atoms with Crippen molar-refractivity contribution < 1.29 is 19.1 Å². The van der Waals surface area contributed by atoms with Gasteiger partial charge in [-0.25, -0.2) is 0 Å². The minimum atomic E-state index is -0.251. The largest absolute Gasteiger partial charge is 0.495 e. The molecule has 6 nitrogen and oxygen atoms in total. The van der Waals surface area contributed by atoms with Gasteiger partial charge >= 0.3 is 0 Å². The molecule has 3 aromatic rings. The van der Waals surface area contributed by atoms with E-state index in [1.54, 1.807) is 42.5 Å². The lowest BCUT2D eigenvalue weighted by Gasteiger charge is -2.11. The number of hydrogen-bond donors (Lipinski definition) is 2. The molecule has 0 saturated heterocycles. The Morgan fingerprint density at radius 3 is 2.39 bits per heavy atom. The highest BCUT2D eigenvalue weighted by Crippen LogP contribution is 2.28. The summed E-state index contributed by atoms with van der Waals surface area (Å²) in [6.45, 7) is -0.0757. The van der Waals surface area contributed by atoms with Crippen LogP contribution in [0, 0.1) is 0 Å². The van der Waals surface area contributed by atoms with Gasteiger partial charge in [0.1, 0.15) is 11.5 Å². The molecule has 3 aromatic carbocycles. The summed E-state index contributed by atoms with van der Waals surface area (Å²) >= 11 is 7.36. The molecule has 2 amide bonds. The normalized spacial score (nSPS) is 10.3. The molecule has 8 heteroatoms. The van der Waals surface area contributed by atoms with Crippen molar-refractivity contribution >= 4 is 46.6 Å². The molecule has 160 valence electrons. The summed E-state index contributed by atoms with van der Waals surface area (Å²) in [6.07, 6.45) is 0. The van der Waals surface area contributed by atoms with Crippen LogP contribution in [0.4, 0.5) is 11.4 Å². The molecule has 0 radical (unpaired) electrons. The smallest absolute Gasteiger partial charge is 0.262 e. The highest BCUT2D eigenvalue weighted by atomic mass is 35.5. The molecule has 0 atom stereocenters. The van der Waals surface area contributed by atoms with Crippen LogP contribution in [0.25, 0.3) is 0 Å². The first-order valence-corrected chi connectivity index (χ1v) is 10.7. The van der Waals surface area contributed by atoms with Crippen molar-refractivity contribution in [1.82, 2.24) is 0 Å². The number of carbonyl (C=O) groups is 2. The summed E-state index contributed by atoms with van der Waals surface area (Å²) in [5.41, 5.74) is 1.18. The van der Waals surface area contributed by atoms with Gasteiger partial charge < -0.3 is 20.1 Å². The zero-order chi connectivity index (χ0) is 22.1. The summed E-state index contributed by atoms with van der Waals surface area (Å²) in [5.74, 6) is 0.962. The number of para-hydroxylation sites is 1. The van der Waals surface area contributed by atoms with Crippen molar-refractivity contribution in [3.8, 4) is 11.5 Å². The second-order valence-electron chi connectivity index (χ2n) is 6.36. The summed E-state index contributed by atoms with van der Waals surface area (Å²) in [6, 6.07) is 21.4. The number of benzene rings is 3. The maximum Gasteiger partial charge on any atom is 0.262 e. The van der Waals surface area contributed by atoms with E-state index in [2.05, 4.69) is 10.6 Å². The minimum Gasteiger partial charge on any atom is -0.495 e. The van der Waals surface area contributed by atoms with Gasteiger partial charge in [0.2, 0.25) is 5.91 Å². The van der Waals surface area contributed by atoms with E-state index in [1.807, 2.05) is 30.3 Å². The van der Waals surface area contributed by atoms with Crippen LogP contribution in [-0.4, -0.2) is 31.3 Å². The maximum atomic E-state index is 12.3. The van der Waals surface area contributed by atoms with Gasteiger partial charge in [-0.05, 0) is 54.6 Å². The van der Waals surface area contributed by atoms with Crippen LogP contribution in [0.1, 0.15) is 0 Å². The highest BCUT2D eigenvalue weighted by molar-refractivity contribution is 8.00. The van der Waals surface area contributed by atoms with Gasteiger partial charge in [0, 0.05) is 15.6 Å². The molecule has 0 fully saturated rings. The Hall–Kier alpha value is -3.16. The first-order valence-electron chi connectivity index (χ1n) is 9.37. The number of carbonyl (C=O) groups excluding carboxylic acids is 2. The number of anilines is 2. The van der Waals surface area contributed by atoms with Gasteiger partial charge in [0.25, 0.3) is 5.91 Å². The maximum absolute atomic E-state index is 12.3. The third kappa shape index (κ3) is 7.24. The second kappa shape index (κ2) is 11.3. The van der Waals surface area contributed by atoms with E-state index in [9.17, 15) is 9.59 Å². The SMILES string of the molecule is COc1ccc(Cl)cc1NC(=O)CSc1ccc(NC(=O)COc2ccccc2)cc1. The molecule has 0 bridgehead atoms. The lowest BCUT2D eigenvalue weighted by atomic mass is 10.3. The van der Waals surface area contributed by atoms with Crippen LogP contribution in [-0.2, 0) is 9.59 Å². The Morgan fingerprint density at radius 2 is 1.68 bits per heavy atom. The number of ether oxygens (including phenoxy) is 2. The summed E-state index contributed by atoms with van der Waals surface area (Å²) in [5, 5.41) is 6.08. The van der Waals surface area contributed by atoms with Gasteiger partial charge in [-0.3, -0.25) is 9.59 Å². The fraction of sp³-hybridized carbons (Fsp3) is 0.130. The van der Waals surface area contributed by atoms with Crippen LogP contribution >= 0.6 is 23.4 Å². The first-order chi connectivity index (χ1) is 15.0. The van der Waals surface area contributed by atoms with E-state index in [0.717, 1.165) is 4.90 Å². The molecule has 2 N–H and O–H groups in total. The topological polar surface area (TPSA) is 76.7 Å². The molecular weight excluding hydrogens is 436 g/mol. The van der Waals surface area contributed by atoms with Crippen LogP contribution in [0.3, 0.4) is 0 Å². The fourth-order valence-corrected chi connectivity index (χ4v) is 3.48. The average Bonchev–Trinajstić information content (AvgIpc) is 2.78. The standard InChI is InChI=1S/C23H21ClN2O4S/c1-29-21-12-7-16(24)13-20(21)26-23(28)15-31-19-10-8-17(9-11-19)25-22(27)14-30-18-5-3-2-4-6-18/h2-13H,14-15H2,1H3,(H,25,27)(H,26,28). The van der Waals surface area contributed by atoms with Crippen molar-refractivity contribution in [3.63, 3.8) is 0 Å². The number of halogens is 1. The molecule has 3 rings (SSSR count).